The predicted octanol–water partition coefficient (Wildman–Crippen LogP) is 6.19. The molecule has 2 aromatic heterocycles. The van der Waals surface area contributed by atoms with Crippen LogP contribution < -0.4 is 4.57 Å². The Kier molecular flexibility index (Phi) is 3.09. The molecule has 3 heterocycles. The molecule has 6 rings (SSSR count). The molecule has 0 bridgehead atoms. The predicted molar refractivity (Wildman–Crippen MR) is 116 cm³/mol. The Bertz CT molecular complexity index is 1390. The zero-order valence-electron chi connectivity index (χ0n) is 16.5. The first-order chi connectivity index (χ1) is 13.6. The van der Waals surface area contributed by atoms with Crippen LogP contribution in [0.25, 0.3) is 38.6 Å². The number of hydrogen-bond acceptors (Lipinski definition) is 0. The lowest BCUT2D eigenvalue weighted by atomic mass is 9.87. The Labute approximate surface area is 164 Å². The van der Waals surface area contributed by atoms with E-state index in [0.717, 1.165) is 0 Å². The lowest BCUT2D eigenvalue weighted by Crippen LogP contribution is -2.42. The van der Waals surface area contributed by atoms with Gasteiger partial charge in [0.1, 0.15) is 17.8 Å². The van der Waals surface area contributed by atoms with E-state index in [1.54, 1.807) is 0 Å². The fourth-order valence-corrected chi connectivity index (χ4v) is 5.07. The number of imidazole rings is 1. The van der Waals surface area contributed by atoms with Crippen LogP contribution >= 0.6 is 0 Å². The molecule has 0 saturated carbocycles. The van der Waals surface area contributed by atoms with Crippen LogP contribution in [-0.2, 0) is 0 Å². The van der Waals surface area contributed by atoms with E-state index in [2.05, 4.69) is 103 Å². The number of aromatic nitrogens is 2. The van der Waals surface area contributed by atoms with Gasteiger partial charge in [-0.2, -0.15) is 4.40 Å². The van der Waals surface area contributed by atoms with E-state index in [1.165, 1.54) is 49.7 Å². The van der Waals surface area contributed by atoms with Gasteiger partial charge >= 0.3 is 0 Å². The summed E-state index contributed by atoms with van der Waals surface area (Å²) in [5.41, 5.74) is 7.91. The van der Waals surface area contributed by atoms with Crippen molar-refractivity contribution in [1.29, 1.82) is 0 Å². The summed E-state index contributed by atoms with van der Waals surface area (Å²) in [6, 6.07) is 24.9. The highest BCUT2D eigenvalue weighted by molar-refractivity contribution is 6.13. The average Bonchev–Trinajstić information content (AvgIpc) is 3.13. The zero-order chi connectivity index (χ0) is 19.0. The van der Waals surface area contributed by atoms with Gasteiger partial charge < -0.3 is 0 Å². The van der Waals surface area contributed by atoms with Crippen LogP contribution in [0.5, 0.6) is 0 Å². The van der Waals surface area contributed by atoms with Gasteiger partial charge in [0.2, 0.25) is 0 Å². The van der Waals surface area contributed by atoms with Crippen molar-refractivity contribution in [2.45, 2.75) is 32.7 Å². The molecule has 1 aliphatic heterocycles. The molecule has 2 heteroatoms. The second kappa shape index (κ2) is 5.45. The van der Waals surface area contributed by atoms with Crippen LogP contribution in [-0.4, -0.2) is 4.40 Å². The summed E-state index contributed by atoms with van der Waals surface area (Å²) in [5, 5.41) is 4.12. The van der Waals surface area contributed by atoms with Gasteiger partial charge in [-0.15, -0.1) is 0 Å². The molecule has 0 radical (unpaired) electrons. The molecule has 3 aromatic carbocycles. The minimum Gasteiger partial charge on any atom is -0.226 e. The van der Waals surface area contributed by atoms with Crippen molar-refractivity contribution in [3.8, 4) is 11.3 Å². The minimum absolute atomic E-state index is 0.425. The molecular formula is C26H23N2+. The first-order valence-corrected chi connectivity index (χ1v) is 10.1. The second-order valence-corrected chi connectivity index (χ2v) is 8.27. The van der Waals surface area contributed by atoms with Gasteiger partial charge in [0.25, 0.3) is 5.65 Å². The molecule has 2 atom stereocenters. The Morgan fingerprint density at radius 1 is 0.857 bits per heavy atom. The van der Waals surface area contributed by atoms with Crippen LogP contribution in [0.2, 0.25) is 0 Å². The second-order valence-electron chi connectivity index (χ2n) is 8.27. The quantitative estimate of drug-likeness (QED) is 0.248. The molecule has 5 aromatic rings. The van der Waals surface area contributed by atoms with Crippen molar-refractivity contribution in [3.05, 3.63) is 84.1 Å². The smallest absolute Gasteiger partial charge is 0.226 e. The van der Waals surface area contributed by atoms with Gasteiger partial charge in [-0.3, -0.25) is 0 Å². The summed E-state index contributed by atoms with van der Waals surface area (Å²) >= 11 is 0. The van der Waals surface area contributed by atoms with E-state index in [1.807, 2.05) is 0 Å². The Hall–Kier alpha value is -3.13. The van der Waals surface area contributed by atoms with Crippen molar-refractivity contribution < 1.29 is 4.57 Å². The lowest BCUT2D eigenvalue weighted by molar-refractivity contribution is -0.697. The first kappa shape index (κ1) is 15.9. The lowest BCUT2D eigenvalue weighted by Gasteiger charge is -2.24. The number of benzene rings is 3. The van der Waals surface area contributed by atoms with Gasteiger partial charge in [-0.25, -0.2) is 4.57 Å². The maximum Gasteiger partial charge on any atom is 0.295 e. The Morgan fingerprint density at radius 3 is 2.50 bits per heavy atom. The third-order valence-corrected chi connectivity index (χ3v) is 6.68. The minimum atomic E-state index is 0.425. The van der Waals surface area contributed by atoms with E-state index in [4.69, 9.17) is 0 Å². The summed E-state index contributed by atoms with van der Waals surface area (Å²) in [4.78, 5) is 0. The third-order valence-electron chi connectivity index (χ3n) is 6.68. The molecule has 1 aliphatic rings. The van der Waals surface area contributed by atoms with Crippen molar-refractivity contribution in [3.63, 3.8) is 0 Å². The number of aryl methyl sites for hydroxylation is 1. The largest absolute Gasteiger partial charge is 0.295 e. The Morgan fingerprint density at radius 2 is 1.68 bits per heavy atom. The SMILES string of the molecule is Cc1ccc2c(c1)c1cccc3c1c1n2c(-c2ccccc2)c[n+]1C(C)C3C. The highest BCUT2D eigenvalue weighted by Crippen LogP contribution is 2.42. The van der Waals surface area contributed by atoms with Gasteiger partial charge in [0.05, 0.1) is 5.39 Å². The topological polar surface area (TPSA) is 8.29 Å². The van der Waals surface area contributed by atoms with Crippen LogP contribution in [0.4, 0.5) is 0 Å². The van der Waals surface area contributed by atoms with E-state index in [9.17, 15) is 0 Å². The fourth-order valence-electron chi connectivity index (χ4n) is 5.07. The molecule has 28 heavy (non-hydrogen) atoms. The maximum absolute atomic E-state index is 2.50. The molecule has 2 unspecified atom stereocenters. The molecule has 2 nitrogen and oxygen atoms in total. The highest BCUT2D eigenvalue weighted by Gasteiger charge is 2.35. The molecule has 0 saturated heterocycles. The van der Waals surface area contributed by atoms with Crippen molar-refractivity contribution in [2.24, 2.45) is 0 Å². The third kappa shape index (κ3) is 1.90. The zero-order valence-corrected chi connectivity index (χ0v) is 16.5. The molecule has 136 valence electrons. The fraction of sp³-hybridized carbons (Fsp3) is 0.192. The standard InChI is InChI=1S/C26H23N2/c1-16-12-13-23-22(14-16)21-11-7-10-20-17(2)18(3)27-15-24(19-8-5-4-6-9-19)28(23)26(27)25(20)21/h4-15,17-18H,1-3H3/q+1. The monoisotopic (exact) mass is 363 g/mol. The Balaban J connectivity index is 1.94. The summed E-state index contributed by atoms with van der Waals surface area (Å²) in [5.74, 6) is 0.485. The molecule has 0 aliphatic carbocycles. The average molecular weight is 363 g/mol. The number of pyridine rings is 1. The van der Waals surface area contributed by atoms with Crippen molar-refractivity contribution >= 4 is 27.3 Å². The molecule has 0 spiro atoms. The van der Waals surface area contributed by atoms with Gasteiger partial charge in [-0.1, -0.05) is 67.1 Å². The number of rotatable bonds is 1. The van der Waals surface area contributed by atoms with E-state index < -0.39 is 0 Å². The maximum atomic E-state index is 2.50. The van der Waals surface area contributed by atoms with Gasteiger partial charge in [0, 0.05) is 22.3 Å². The van der Waals surface area contributed by atoms with Crippen LogP contribution in [0, 0.1) is 6.92 Å². The number of nitrogens with zero attached hydrogens (tertiary/aromatic N) is 2. The van der Waals surface area contributed by atoms with Crippen LogP contribution in [0.3, 0.4) is 0 Å². The van der Waals surface area contributed by atoms with Crippen LogP contribution in [0.1, 0.15) is 36.9 Å². The summed E-state index contributed by atoms with van der Waals surface area (Å²) in [6.07, 6.45) is 2.36. The van der Waals surface area contributed by atoms with Gasteiger partial charge in [-0.05, 0) is 31.5 Å². The molecular weight excluding hydrogens is 340 g/mol. The highest BCUT2D eigenvalue weighted by atomic mass is 15.1. The van der Waals surface area contributed by atoms with Crippen LogP contribution in [0.15, 0.2) is 72.9 Å². The van der Waals surface area contributed by atoms with Gasteiger partial charge in [0.15, 0.2) is 5.69 Å². The molecule has 0 fully saturated rings. The normalized spacial score (nSPS) is 18.5. The molecule has 0 amide bonds. The number of fused-ring (bicyclic) bond motifs is 3. The van der Waals surface area contributed by atoms with E-state index in [-0.39, 0.29) is 0 Å². The number of hydrogen-bond donors (Lipinski definition) is 0. The van der Waals surface area contributed by atoms with Crippen molar-refractivity contribution in [1.82, 2.24) is 4.40 Å². The van der Waals surface area contributed by atoms with E-state index >= 15 is 0 Å². The molecule has 0 N–H and O–H groups in total. The first-order valence-electron chi connectivity index (χ1n) is 10.1. The van der Waals surface area contributed by atoms with Crippen molar-refractivity contribution in [2.75, 3.05) is 0 Å². The van der Waals surface area contributed by atoms with E-state index in [0.29, 0.717) is 12.0 Å². The summed E-state index contributed by atoms with van der Waals surface area (Å²) in [7, 11) is 0. The summed E-state index contributed by atoms with van der Waals surface area (Å²) in [6.45, 7) is 6.89. The summed E-state index contributed by atoms with van der Waals surface area (Å²) < 4.78 is 4.99.